The maximum absolute atomic E-state index is 11.1. The summed E-state index contributed by atoms with van der Waals surface area (Å²) < 4.78 is 0. The fraction of sp³-hybridized carbons (Fsp3) is 0.182. The van der Waals surface area contributed by atoms with Gasteiger partial charge in [-0.25, -0.2) is 14.8 Å². The fourth-order valence-electron chi connectivity index (χ4n) is 1.53. The van der Waals surface area contributed by atoms with Gasteiger partial charge in [0.2, 0.25) is 0 Å². The average Bonchev–Trinajstić information content (AvgIpc) is 2.91. The quantitative estimate of drug-likeness (QED) is 0.616. The van der Waals surface area contributed by atoms with Gasteiger partial charge in [0.15, 0.2) is 0 Å². The highest BCUT2D eigenvalue weighted by molar-refractivity contribution is 7.07. The summed E-state index contributed by atoms with van der Waals surface area (Å²) >= 11 is 1.48. The number of nitro groups is 1. The minimum Gasteiger partial charge on any atom is -0.478 e. The average molecular weight is 294 g/mol. The Balaban J connectivity index is 2.10. The van der Waals surface area contributed by atoms with Crippen LogP contribution < -0.4 is 5.32 Å². The highest BCUT2D eigenvalue weighted by Crippen LogP contribution is 2.19. The molecule has 0 fully saturated rings. The summed E-state index contributed by atoms with van der Waals surface area (Å²) in [7, 11) is 0. The van der Waals surface area contributed by atoms with Gasteiger partial charge in [-0.2, -0.15) is 0 Å². The lowest BCUT2D eigenvalue weighted by atomic mass is 10.2. The van der Waals surface area contributed by atoms with Gasteiger partial charge in [0.05, 0.1) is 16.1 Å². The number of nitrogens with zero attached hydrogens (tertiary/aromatic N) is 3. The van der Waals surface area contributed by atoms with E-state index < -0.39 is 10.9 Å². The third kappa shape index (κ3) is 3.26. The van der Waals surface area contributed by atoms with E-state index in [2.05, 4.69) is 15.3 Å². The molecule has 0 radical (unpaired) electrons. The molecule has 0 atom stereocenters. The lowest BCUT2D eigenvalue weighted by Gasteiger charge is -2.07. The molecule has 0 unspecified atom stereocenters. The molecule has 20 heavy (non-hydrogen) atoms. The Morgan fingerprint density at radius 2 is 2.30 bits per heavy atom. The molecule has 0 bridgehead atoms. The van der Waals surface area contributed by atoms with Gasteiger partial charge in [-0.05, 0) is 0 Å². The van der Waals surface area contributed by atoms with Crippen LogP contribution in [0.2, 0.25) is 0 Å². The zero-order valence-corrected chi connectivity index (χ0v) is 11.0. The van der Waals surface area contributed by atoms with Crippen molar-refractivity contribution in [3.8, 4) is 0 Å². The number of nitrogens with one attached hydrogen (secondary N) is 1. The van der Waals surface area contributed by atoms with Crippen LogP contribution in [0.1, 0.15) is 16.1 Å². The summed E-state index contributed by atoms with van der Waals surface area (Å²) in [5, 5.41) is 24.4. The van der Waals surface area contributed by atoms with E-state index in [-0.39, 0.29) is 17.1 Å². The Bertz CT molecular complexity index is 629. The molecular formula is C11H10N4O4S. The largest absolute Gasteiger partial charge is 0.478 e. The summed E-state index contributed by atoms with van der Waals surface area (Å²) in [5.41, 5.74) is 2.02. The topological polar surface area (TPSA) is 118 Å². The van der Waals surface area contributed by atoms with Crippen LogP contribution in [0.5, 0.6) is 0 Å². The molecule has 9 heteroatoms. The lowest BCUT2D eigenvalue weighted by Crippen LogP contribution is -2.11. The smallest absolute Gasteiger partial charge is 0.339 e. The Morgan fingerprint density at radius 3 is 2.90 bits per heavy atom. The normalized spacial score (nSPS) is 10.2. The number of carboxylic acids is 1. The summed E-state index contributed by atoms with van der Waals surface area (Å²) in [5.74, 6) is -1.16. The number of hydrogen-bond acceptors (Lipinski definition) is 7. The molecule has 0 amide bonds. The first-order chi connectivity index (χ1) is 9.58. The van der Waals surface area contributed by atoms with E-state index in [0.29, 0.717) is 13.0 Å². The second kappa shape index (κ2) is 6.06. The van der Waals surface area contributed by atoms with Gasteiger partial charge in [-0.3, -0.25) is 10.1 Å². The fourth-order valence-corrected chi connectivity index (χ4v) is 2.12. The molecule has 2 rings (SSSR count). The van der Waals surface area contributed by atoms with Crippen molar-refractivity contribution in [1.29, 1.82) is 0 Å². The van der Waals surface area contributed by atoms with Crippen molar-refractivity contribution in [2.75, 3.05) is 11.9 Å². The van der Waals surface area contributed by atoms with Gasteiger partial charge >= 0.3 is 5.97 Å². The number of hydrogen-bond donors (Lipinski definition) is 2. The molecule has 104 valence electrons. The molecule has 0 spiro atoms. The minimum atomic E-state index is -1.27. The highest BCUT2D eigenvalue weighted by Gasteiger charge is 2.17. The number of aromatic carboxylic acids is 1. The number of thiazole rings is 1. The predicted octanol–water partition coefficient (Wildman–Crippen LogP) is 1.80. The maximum Gasteiger partial charge on any atom is 0.339 e. The predicted molar refractivity (Wildman–Crippen MR) is 72.2 cm³/mol. The Labute approximate surface area is 117 Å². The molecular weight excluding hydrogens is 284 g/mol. The molecule has 2 aromatic heterocycles. The number of rotatable bonds is 6. The van der Waals surface area contributed by atoms with Crippen LogP contribution in [0, 0.1) is 10.1 Å². The van der Waals surface area contributed by atoms with Crippen LogP contribution >= 0.6 is 11.3 Å². The van der Waals surface area contributed by atoms with Gasteiger partial charge in [0, 0.05) is 24.4 Å². The van der Waals surface area contributed by atoms with E-state index in [1.54, 1.807) is 5.51 Å². The molecule has 2 aromatic rings. The second-order valence-electron chi connectivity index (χ2n) is 3.81. The van der Waals surface area contributed by atoms with Crippen LogP contribution in [-0.2, 0) is 6.42 Å². The zero-order valence-electron chi connectivity index (χ0n) is 10.1. The van der Waals surface area contributed by atoms with Crippen LogP contribution in [-0.4, -0.2) is 32.5 Å². The van der Waals surface area contributed by atoms with E-state index in [0.717, 1.165) is 18.0 Å². The van der Waals surface area contributed by atoms with Crippen molar-refractivity contribution in [3.05, 3.63) is 44.5 Å². The van der Waals surface area contributed by atoms with E-state index in [4.69, 9.17) is 5.11 Å². The van der Waals surface area contributed by atoms with Crippen molar-refractivity contribution in [1.82, 2.24) is 9.97 Å². The number of anilines is 1. The number of carboxylic acid groups (broad SMARTS) is 1. The summed E-state index contributed by atoms with van der Waals surface area (Å²) in [4.78, 5) is 28.9. The SMILES string of the molecule is O=C(O)c1cc([N+](=O)[O-])cnc1NCCc1cscn1. The maximum atomic E-state index is 11.1. The second-order valence-corrected chi connectivity index (χ2v) is 4.53. The third-order valence-electron chi connectivity index (χ3n) is 2.47. The van der Waals surface area contributed by atoms with Crippen LogP contribution in [0.4, 0.5) is 11.5 Å². The Hall–Kier alpha value is -2.55. The van der Waals surface area contributed by atoms with Crippen molar-refractivity contribution in [2.45, 2.75) is 6.42 Å². The molecule has 0 aliphatic heterocycles. The summed E-state index contributed by atoms with van der Waals surface area (Å²) in [6.45, 7) is 0.439. The first-order valence-corrected chi connectivity index (χ1v) is 6.51. The van der Waals surface area contributed by atoms with E-state index in [1.165, 1.54) is 11.3 Å². The molecule has 0 saturated heterocycles. The van der Waals surface area contributed by atoms with Crippen molar-refractivity contribution in [3.63, 3.8) is 0 Å². The van der Waals surface area contributed by atoms with Crippen LogP contribution in [0.15, 0.2) is 23.2 Å². The first kappa shape index (κ1) is 13.9. The van der Waals surface area contributed by atoms with E-state index in [1.807, 2.05) is 5.38 Å². The first-order valence-electron chi connectivity index (χ1n) is 5.56. The van der Waals surface area contributed by atoms with Crippen LogP contribution in [0.3, 0.4) is 0 Å². The van der Waals surface area contributed by atoms with Crippen LogP contribution in [0.25, 0.3) is 0 Å². The molecule has 2 N–H and O–H groups in total. The molecule has 8 nitrogen and oxygen atoms in total. The van der Waals surface area contributed by atoms with Crippen molar-refractivity contribution >= 4 is 28.8 Å². The van der Waals surface area contributed by atoms with Gasteiger partial charge < -0.3 is 10.4 Å². The van der Waals surface area contributed by atoms with Gasteiger partial charge in [-0.1, -0.05) is 0 Å². The number of pyridine rings is 1. The third-order valence-corrected chi connectivity index (χ3v) is 3.11. The standard InChI is InChI=1S/C11H10N4O4S/c16-11(17)9-3-8(15(18)19)4-13-10(9)12-2-1-7-5-20-6-14-7/h3-6H,1-2H2,(H,12,13)(H,16,17). The number of carbonyl (C=O) groups is 1. The van der Waals surface area contributed by atoms with E-state index >= 15 is 0 Å². The monoisotopic (exact) mass is 294 g/mol. The van der Waals surface area contributed by atoms with Crippen molar-refractivity contribution < 1.29 is 14.8 Å². The number of aromatic nitrogens is 2. The molecule has 0 aliphatic carbocycles. The van der Waals surface area contributed by atoms with Gasteiger partial charge in [-0.15, -0.1) is 11.3 Å². The molecule has 2 heterocycles. The highest BCUT2D eigenvalue weighted by atomic mass is 32.1. The molecule has 0 aliphatic rings. The van der Waals surface area contributed by atoms with Crippen molar-refractivity contribution in [2.24, 2.45) is 0 Å². The minimum absolute atomic E-state index is 0.110. The Morgan fingerprint density at radius 1 is 1.50 bits per heavy atom. The lowest BCUT2D eigenvalue weighted by molar-refractivity contribution is -0.385. The summed E-state index contributed by atoms with van der Waals surface area (Å²) in [6, 6.07) is 0.987. The van der Waals surface area contributed by atoms with Gasteiger partial charge in [0.1, 0.15) is 17.6 Å². The summed E-state index contributed by atoms with van der Waals surface area (Å²) in [6.07, 6.45) is 1.64. The Kier molecular flexibility index (Phi) is 4.20. The molecule has 0 saturated carbocycles. The zero-order chi connectivity index (χ0) is 14.5. The molecule has 0 aromatic carbocycles. The van der Waals surface area contributed by atoms with E-state index in [9.17, 15) is 14.9 Å². The van der Waals surface area contributed by atoms with Gasteiger partial charge in [0.25, 0.3) is 5.69 Å².